The number of carbonyl (C=O) groups excluding carboxylic acids is 1. The zero-order valence-corrected chi connectivity index (χ0v) is 18.0. The molecule has 1 amide bonds. The Bertz CT molecular complexity index is 1250. The molecule has 0 unspecified atom stereocenters. The van der Waals surface area contributed by atoms with Gasteiger partial charge in [0.1, 0.15) is 11.6 Å². The van der Waals surface area contributed by atoms with Gasteiger partial charge in [0.15, 0.2) is 5.76 Å². The second-order valence-corrected chi connectivity index (χ2v) is 9.00. The van der Waals surface area contributed by atoms with E-state index in [2.05, 4.69) is 20.2 Å². The highest BCUT2D eigenvalue weighted by Crippen LogP contribution is 2.30. The number of amides is 1. The van der Waals surface area contributed by atoms with Crippen LogP contribution in [0.2, 0.25) is 0 Å². The molecule has 0 aliphatic heterocycles. The molecule has 3 aromatic rings. The number of aromatic nitrogens is 1. The van der Waals surface area contributed by atoms with E-state index in [4.69, 9.17) is 4.42 Å². The molecule has 1 aliphatic rings. The Morgan fingerprint density at radius 3 is 2.58 bits per heavy atom. The van der Waals surface area contributed by atoms with Crippen molar-refractivity contribution in [1.29, 1.82) is 0 Å². The van der Waals surface area contributed by atoms with Gasteiger partial charge in [0.2, 0.25) is 0 Å². The third-order valence-electron chi connectivity index (χ3n) is 5.07. The van der Waals surface area contributed by atoms with Crippen molar-refractivity contribution in [3.8, 4) is 0 Å². The molecule has 0 fully saturated rings. The molecular weight excluding hydrogens is 416 g/mol. The monoisotopic (exact) mass is 438 g/mol. The van der Waals surface area contributed by atoms with Crippen molar-refractivity contribution in [2.24, 2.45) is 5.10 Å². The molecule has 8 nitrogen and oxygen atoms in total. The lowest BCUT2D eigenvalue weighted by atomic mass is 9.93. The van der Waals surface area contributed by atoms with Gasteiger partial charge in [-0.05, 0) is 51.0 Å². The van der Waals surface area contributed by atoms with Crippen LogP contribution in [0.4, 0.5) is 5.82 Å². The summed E-state index contributed by atoms with van der Waals surface area (Å²) in [5.74, 6) is 0.807. The Hall–Kier alpha value is -3.46. The number of nitrogens with one attached hydrogen (secondary N) is 2. The molecule has 0 saturated carbocycles. The number of benzene rings is 1. The second-order valence-electron chi connectivity index (χ2n) is 7.34. The molecular formula is C22H22N4O4S. The van der Waals surface area contributed by atoms with Crippen LogP contribution in [0, 0.1) is 13.8 Å². The lowest BCUT2D eigenvalue weighted by molar-refractivity contribution is 0.0993. The van der Waals surface area contributed by atoms with E-state index in [1.54, 1.807) is 43.5 Å². The largest absolute Gasteiger partial charge is 0.455 e. The zero-order chi connectivity index (χ0) is 22.0. The zero-order valence-electron chi connectivity index (χ0n) is 17.2. The highest BCUT2D eigenvalue weighted by atomic mass is 32.2. The first-order valence-electron chi connectivity index (χ1n) is 9.85. The van der Waals surface area contributed by atoms with Crippen molar-refractivity contribution >= 4 is 27.5 Å². The lowest BCUT2D eigenvalue weighted by Gasteiger charge is -2.14. The quantitative estimate of drug-likeness (QED) is 0.591. The van der Waals surface area contributed by atoms with Gasteiger partial charge in [-0.15, -0.1) is 0 Å². The van der Waals surface area contributed by atoms with E-state index in [-0.39, 0.29) is 10.7 Å². The molecule has 2 heterocycles. The molecule has 31 heavy (non-hydrogen) atoms. The number of sulfonamides is 1. The number of furan rings is 1. The van der Waals surface area contributed by atoms with Crippen LogP contribution in [0.5, 0.6) is 0 Å². The molecule has 4 rings (SSSR count). The summed E-state index contributed by atoms with van der Waals surface area (Å²) in [5, 5.41) is 6.90. The van der Waals surface area contributed by atoms with Crippen LogP contribution in [0.25, 0.3) is 0 Å². The lowest BCUT2D eigenvalue weighted by Crippen LogP contribution is -2.22. The van der Waals surface area contributed by atoms with Gasteiger partial charge in [-0.2, -0.15) is 18.4 Å². The summed E-state index contributed by atoms with van der Waals surface area (Å²) in [6.45, 7) is 3.65. The predicted molar refractivity (Wildman–Crippen MR) is 117 cm³/mol. The normalized spacial score (nSPS) is 14.8. The first-order chi connectivity index (χ1) is 14.8. The Morgan fingerprint density at radius 1 is 1.10 bits per heavy atom. The standard InChI is InChI=1S/C22H22N4O4S/c1-14-9-11-16(12-10-14)31(28,29)26-25-17-6-5-7-18-20(17)15(2)21(30-18)22(27)24-19-8-3-4-13-23-19/h3-4,8-13,26H,5-7H2,1-2H3,(H,23,24,27)/b25-17+. The van der Waals surface area contributed by atoms with Gasteiger partial charge in [-0.1, -0.05) is 23.8 Å². The van der Waals surface area contributed by atoms with Gasteiger partial charge >= 0.3 is 0 Å². The number of rotatable bonds is 5. The Balaban J connectivity index is 1.60. The summed E-state index contributed by atoms with van der Waals surface area (Å²) >= 11 is 0. The number of fused-ring (bicyclic) bond motifs is 1. The Kier molecular flexibility index (Phi) is 5.60. The van der Waals surface area contributed by atoms with Crippen molar-refractivity contribution < 1.29 is 17.6 Å². The van der Waals surface area contributed by atoms with Crippen LogP contribution < -0.4 is 10.1 Å². The molecule has 0 atom stereocenters. The molecule has 9 heteroatoms. The fourth-order valence-corrected chi connectivity index (χ4v) is 4.32. The van der Waals surface area contributed by atoms with Crippen LogP contribution >= 0.6 is 0 Å². The predicted octanol–water partition coefficient (Wildman–Crippen LogP) is 3.56. The van der Waals surface area contributed by atoms with Crippen molar-refractivity contribution in [2.45, 2.75) is 38.0 Å². The van der Waals surface area contributed by atoms with E-state index >= 15 is 0 Å². The smallest absolute Gasteiger partial charge is 0.292 e. The van der Waals surface area contributed by atoms with Gasteiger partial charge in [0.05, 0.1) is 10.6 Å². The first-order valence-corrected chi connectivity index (χ1v) is 11.3. The van der Waals surface area contributed by atoms with Crippen LogP contribution in [-0.2, 0) is 16.4 Å². The molecule has 0 radical (unpaired) electrons. The number of anilines is 1. The van der Waals surface area contributed by atoms with Gasteiger partial charge < -0.3 is 9.73 Å². The van der Waals surface area contributed by atoms with Crippen LogP contribution in [0.15, 0.2) is 63.1 Å². The highest BCUT2D eigenvalue weighted by Gasteiger charge is 2.28. The molecule has 1 aliphatic carbocycles. The van der Waals surface area contributed by atoms with E-state index in [1.807, 2.05) is 6.92 Å². The number of carbonyl (C=O) groups is 1. The first kappa shape index (κ1) is 20.8. The summed E-state index contributed by atoms with van der Waals surface area (Å²) in [6.07, 6.45) is 3.55. The van der Waals surface area contributed by atoms with E-state index in [9.17, 15) is 13.2 Å². The minimum atomic E-state index is -3.80. The molecule has 0 bridgehead atoms. The van der Waals surface area contributed by atoms with Gasteiger partial charge in [0, 0.05) is 23.7 Å². The molecule has 2 aromatic heterocycles. The van der Waals surface area contributed by atoms with Gasteiger partial charge in [0.25, 0.3) is 15.9 Å². The second kappa shape index (κ2) is 8.35. The number of hydrazone groups is 1. The topological polar surface area (TPSA) is 114 Å². The summed E-state index contributed by atoms with van der Waals surface area (Å²) < 4.78 is 31.0. The van der Waals surface area contributed by atoms with Crippen molar-refractivity contribution in [3.05, 3.63) is 76.9 Å². The van der Waals surface area contributed by atoms with E-state index in [0.717, 1.165) is 12.0 Å². The van der Waals surface area contributed by atoms with Crippen molar-refractivity contribution in [2.75, 3.05) is 5.32 Å². The van der Waals surface area contributed by atoms with E-state index < -0.39 is 15.9 Å². The van der Waals surface area contributed by atoms with E-state index in [0.29, 0.717) is 41.3 Å². The third-order valence-corrected chi connectivity index (χ3v) is 6.29. The third kappa shape index (κ3) is 4.36. The number of nitrogens with zero attached hydrogens (tertiary/aromatic N) is 2. The highest BCUT2D eigenvalue weighted by molar-refractivity contribution is 7.89. The van der Waals surface area contributed by atoms with Crippen LogP contribution in [-0.4, -0.2) is 25.0 Å². The van der Waals surface area contributed by atoms with Gasteiger partial charge in [-0.25, -0.2) is 4.98 Å². The Morgan fingerprint density at radius 2 is 1.87 bits per heavy atom. The molecule has 0 spiro atoms. The maximum absolute atomic E-state index is 12.7. The number of aryl methyl sites for hydroxylation is 2. The number of hydrogen-bond acceptors (Lipinski definition) is 6. The maximum Gasteiger partial charge on any atom is 0.292 e. The van der Waals surface area contributed by atoms with Crippen molar-refractivity contribution in [3.63, 3.8) is 0 Å². The summed E-state index contributed by atoms with van der Waals surface area (Å²) in [6, 6.07) is 11.7. The van der Waals surface area contributed by atoms with Crippen LogP contribution in [0.1, 0.15) is 45.8 Å². The fourth-order valence-electron chi connectivity index (χ4n) is 3.49. The van der Waals surface area contributed by atoms with Crippen molar-refractivity contribution in [1.82, 2.24) is 9.82 Å². The SMILES string of the molecule is Cc1ccc(S(=O)(=O)N/N=C2\CCCc3oc(C(=O)Nc4ccccn4)c(C)c32)cc1. The molecule has 2 N–H and O–H groups in total. The summed E-state index contributed by atoms with van der Waals surface area (Å²) in [7, 11) is -3.80. The molecule has 0 saturated heterocycles. The average Bonchev–Trinajstić information content (AvgIpc) is 3.11. The fraction of sp³-hybridized carbons (Fsp3) is 0.227. The van der Waals surface area contributed by atoms with Gasteiger partial charge in [-0.3, -0.25) is 4.79 Å². The Labute approximate surface area is 180 Å². The summed E-state index contributed by atoms with van der Waals surface area (Å²) in [5.41, 5.74) is 2.82. The number of hydrogen-bond donors (Lipinski definition) is 2. The average molecular weight is 439 g/mol. The van der Waals surface area contributed by atoms with E-state index in [1.165, 1.54) is 12.1 Å². The minimum absolute atomic E-state index is 0.137. The molecule has 1 aromatic carbocycles. The maximum atomic E-state index is 12.7. The molecule has 160 valence electrons. The van der Waals surface area contributed by atoms with Crippen LogP contribution in [0.3, 0.4) is 0 Å². The summed E-state index contributed by atoms with van der Waals surface area (Å²) in [4.78, 5) is 19.2. The minimum Gasteiger partial charge on any atom is -0.455 e. The number of pyridine rings is 1.